The Morgan fingerprint density at radius 3 is 2.89 bits per heavy atom. The first-order valence-electron chi connectivity index (χ1n) is 6.04. The molecular formula is C13H17BrFN3. The highest BCUT2D eigenvalue weighted by Crippen LogP contribution is 2.24. The summed E-state index contributed by atoms with van der Waals surface area (Å²) in [5, 5.41) is 0. The van der Waals surface area contributed by atoms with Gasteiger partial charge in [-0.25, -0.2) is 4.39 Å². The van der Waals surface area contributed by atoms with Gasteiger partial charge < -0.3 is 10.6 Å². The fourth-order valence-electron chi connectivity index (χ4n) is 1.76. The molecule has 0 saturated heterocycles. The van der Waals surface area contributed by atoms with E-state index in [1.165, 1.54) is 18.9 Å². The standard InChI is InChI=1S/C13H17BrFN3/c1-18(10-3-4-10)13(16)17-7-6-9-2-5-12(15)11(14)8-9/h2,5,8,10H,3-4,6-7H2,1H3,(H2,16,17). The predicted octanol–water partition coefficient (Wildman–Crippen LogP) is 2.54. The summed E-state index contributed by atoms with van der Waals surface area (Å²) in [5.41, 5.74) is 6.93. The molecular weight excluding hydrogens is 297 g/mol. The summed E-state index contributed by atoms with van der Waals surface area (Å²) in [6.45, 7) is 0.626. The van der Waals surface area contributed by atoms with Crippen LogP contribution in [0.25, 0.3) is 0 Å². The van der Waals surface area contributed by atoms with Gasteiger partial charge in [0.05, 0.1) is 4.47 Å². The molecule has 1 aliphatic rings. The lowest BCUT2D eigenvalue weighted by atomic mass is 10.1. The summed E-state index contributed by atoms with van der Waals surface area (Å²) >= 11 is 3.17. The van der Waals surface area contributed by atoms with Crippen molar-refractivity contribution in [1.29, 1.82) is 0 Å². The predicted molar refractivity (Wildman–Crippen MR) is 75.1 cm³/mol. The Bertz CT molecular complexity index is 458. The van der Waals surface area contributed by atoms with Crippen molar-refractivity contribution in [3.63, 3.8) is 0 Å². The summed E-state index contributed by atoms with van der Waals surface area (Å²) in [6, 6.07) is 5.60. The molecule has 0 spiro atoms. The second kappa shape index (κ2) is 5.69. The van der Waals surface area contributed by atoms with Gasteiger partial charge in [0.1, 0.15) is 5.82 Å². The summed E-state index contributed by atoms with van der Waals surface area (Å²) in [5.74, 6) is 0.355. The Kier molecular flexibility index (Phi) is 4.22. The summed E-state index contributed by atoms with van der Waals surface area (Å²) in [6.07, 6.45) is 3.17. The van der Waals surface area contributed by atoms with Crippen LogP contribution in [0.2, 0.25) is 0 Å². The number of rotatable bonds is 4. The molecule has 3 nitrogen and oxygen atoms in total. The van der Waals surface area contributed by atoms with Crippen LogP contribution in [0.3, 0.4) is 0 Å². The molecule has 0 aliphatic heterocycles. The molecule has 2 rings (SSSR count). The van der Waals surface area contributed by atoms with Gasteiger partial charge in [-0.05, 0) is 52.9 Å². The van der Waals surface area contributed by atoms with Crippen LogP contribution >= 0.6 is 15.9 Å². The molecule has 98 valence electrons. The summed E-state index contributed by atoms with van der Waals surface area (Å²) < 4.78 is 13.5. The first-order valence-corrected chi connectivity index (χ1v) is 6.84. The molecule has 0 unspecified atom stereocenters. The van der Waals surface area contributed by atoms with E-state index in [2.05, 4.69) is 20.9 Å². The van der Waals surface area contributed by atoms with Gasteiger partial charge in [-0.15, -0.1) is 0 Å². The van der Waals surface area contributed by atoms with E-state index in [-0.39, 0.29) is 5.82 Å². The number of halogens is 2. The lowest BCUT2D eigenvalue weighted by molar-refractivity contribution is 0.487. The first kappa shape index (κ1) is 13.3. The fraction of sp³-hybridized carbons (Fsp3) is 0.462. The van der Waals surface area contributed by atoms with Gasteiger partial charge in [-0.2, -0.15) is 0 Å². The van der Waals surface area contributed by atoms with E-state index >= 15 is 0 Å². The molecule has 5 heteroatoms. The molecule has 1 aromatic rings. The van der Waals surface area contributed by atoms with Crippen molar-refractivity contribution >= 4 is 21.9 Å². The van der Waals surface area contributed by atoms with Crippen LogP contribution in [-0.4, -0.2) is 30.5 Å². The Balaban J connectivity index is 1.87. The van der Waals surface area contributed by atoms with Gasteiger partial charge in [-0.1, -0.05) is 6.07 Å². The smallest absolute Gasteiger partial charge is 0.191 e. The molecule has 0 amide bonds. The Labute approximate surface area is 115 Å². The Hall–Kier alpha value is -1.10. The van der Waals surface area contributed by atoms with Crippen molar-refractivity contribution in [3.8, 4) is 0 Å². The third kappa shape index (κ3) is 3.45. The molecule has 18 heavy (non-hydrogen) atoms. The second-order valence-corrected chi connectivity index (χ2v) is 5.43. The summed E-state index contributed by atoms with van der Waals surface area (Å²) in [4.78, 5) is 6.37. The molecule has 1 aliphatic carbocycles. The minimum Gasteiger partial charge on any atom is -0.370 e. The Morgan fingerprint density at radius 1 is 1.56 bits per heavy atom. The Morgan fingerprint density at radius 2 is 2.28 bits per heavy atom. The van der Waals surface area contributed by atoms with Crippen molar-refractivity contribution in [2.45, 2.75) is 25.3 Å². The largest absolute Gasteiger partial charge is 0.370 e. The normalized spacial score (nSPS) is 15.8. The van der Waals surface area contributed by atoms with Crippen LogP contribution in [0, 0.1) is 5.82 Å². The van der Waals surface area contributed by atoms with Gasteiger partial charge in [0.25, 0.3) is 0 Å². The highest BCUT2D eigenvalue weighted by Gasteiger charge is 2.27. The monoisotopic (exact) mass is 313 g/mol. The topological polar surface area (TPSA) is 41.6 Å². The van der Waals surface area contributed by atoms with E-state index in [1.54, 1.807) is 12.1 Å². The van der Waals surface area contributed by atoms with Gasteiger partial charge in [0.15, 0.2) is 5.96 Å². The third-order valence-corrected chi connectivity index (χ3v) is 3.72. The maximum absolute atomic E-state index is 13.0. The molecule has 0 radical (unpaired) electrons. The van der Waals surface area contributed by atoms with E-state index in [0.29, 0.717) is 23.0 Å². The molecule has 0 bridgehead atoms. The van der Waals surface area contributed by atoms with E-state index in [4.69, 9.17) is 5.73 Å². The van der Waals surface area contributed by atoms with Crippen LogP contribution in [0.15, 0.2) is 27.7 Å². The second-order valence-electron chi connectivity index (χ2n) is 4.58. The van der Waals surface area contributed by atoms with Crippen molar-refractivity contribution in [1.82, 2.24) is 4.90 Å². The van der Waals surface area contributed by atoms with Crippen molar-refractivity contribution < 1.29 is 4.39 Å². The van der Waals surface area contributed by atoms with Crippen molar-refractivity contribution in [2.75, 3.05) is 13.6 Å². The van der Waals surface area contributed by atoms with Crippen LogP contribution < -0.4 is 5.73 Å². The number of nitrogens with two attached hydrogens (primary N) is 1. The zero-order chi connectivity index (χ0) is 13.1. The first-order chi connectivity index (χ1) is 8.58. The zero-order valence-corrected chi connectivity index (χ0v) is 12.0. The van der Waals surface area contributed by atoms with Crippen LogP contribution in [0.4, 0.5) is 4.39 Å². The maximum Gasteiger partial charge on any atom is 0.191 e. The number of hydrogen-bond donors (Lipinski definition) is 1. The zero-order valence-electron chi connectivity index (χ0n) is 10.4. The number of guanidine groups is 1. The van der Waals surface area contributed by atoms with Crippen molar-refractivity contribution in [3.05, 3.63) is 34.1 Å². The minimum absolute atomic E-state index is 0.241. The molecule has 2 N–H and O–H groups in total. The lowest BCUT2D eigenvalue weighted by Crippen LogP contribution is -2.35. The van der Waals surface area contributed by atoms with E-state index in [1.807, 2.05) is 11.9 Å². The quantitative estimate of drug-likeness (QED) is 0.685. The fourth-order valence-corrected chi connectivity index (χ4v) is 2.18. The summed E-state index contributed by atoms with van der Waals surface area (Å²) in [7, 11) is 1.98. The van der Waals surface area contributed by atoms with E-state index < -0.39 is 0 Å². The lowest BCUT2D eigenvalue weighted by Gasteiger charge is -2.16. The minimum atomic E-state index is -0.241. The van der Waals surface area contributed by atoms with Crippen LogP contribution in [0.5, 0.6) is 0 Å². The molecule has 1 fully saturated rings. The number of hydrogen-bond acceptors (Lipinski definition) is 1. The average Bonchev–Trinajstić information content (AvgIpc) is 3.16. The molecule has 0 aromatic heterocycles. The molecule has 0 atom stereocenters. The highest BCUT2D eigenvalue weighted by molar-refractivity contribution is 9.10. The molecule has 1 saturated carbocycles. The van der Waals surface area contributed by atoms with E-state index in [9.17, 15) is 4.39 Å². The highest BCUT2D eigenvalue weighted by atomic mass is 79.9. The third-order valence-electron chi connectivity index (χ3n) is 3.11. The number of benzene rings is 1. The van der Waals surface area contributed by atoms with Crippen LogP contribution in [0.1, 0.15) is 18.4 Å². The van der Waals surface area contributed by atoms with Gasteiger partial charge in [0, 0.05) is 19.6 Å². The maximum atomic E-state index is 13.0. The van der Waals surface area contributed by atoms with Gasteiger partial charge >= 0.3 is 0 Å². The molecule has 1 aromatic carbocycles. The van der Waals surface area contributed by atoms with Gasteiger partial charge in [0.2, 0.25) is 0 Å². The van der Waals surface area contributed by atoms with Crippen LogP contribution in [-0.2, 0) is 6.42 Å². The SMILES string of the molecule is CN(C(N)=NCCc1ccc(F)c(Br)c1)C1CC1. The van der Waals surface area contributed by atoms with Gasteiger partial charge in [-0.3, -0.25) is 4.99 Å². The number of aliphatic imine (C=N–C) groups is 1. The molecule has 0 heterocycles. The number of nitrogens with zero attached hydrogens (tertiary/aromatic N) is 2. The van der Waals surface area contributed by atoms with E-state index in [0.717, 1.165) is 12.0 Å². The average molecular weight is 314 g/mol. The van der Waals surface area contributed by atoms with Crippen molar-refractivity contribution in [2.24, 2.45) is 10.7 Å².